The first-order chi connectivity index (χ1) is 8.95. The monoisotopic (exact) mass is 326 g/mol. The molecule has 4 nitrogen and oxygen atoms in total. The van der Waals surface area contributed by atoms with E-state index in [0.29, 0.717) is 17.8 Å². The summed E-state index contributed by atoms with van der Waals surface area (Å²) in [4.78, 5) is 14.4. The number of methoxy groups -OCH3 is 1. The number of rotatable bonds is 2. The van der Waals surface area contributed by atoms with Crippen molar-refractivity contribution in [2.75, 3.05) is 25.9 Å². The van der Waals surface area contributed by atoms with Crippen LogP contribution in [0.5, 0.6) is 0 Å². The van der Waals surface area contributed by atoms with E-state index in [-0.39, 0.29) is 11.5 Å². The number of nitrogens with zero attached hydrogens (tertiary/aromatic N) is 1. The number of nitrogen functional groups attached to an aromatic ring is 1. The van der Waals surface area contributed by atoms with Gasteiger partial charge in [0.05, 0.1) is 11.2 Å². The average molecular weight is 327 g/mol. The van der Waals surface area contributed by atoms with Crippen molar-refractivity contribution in [3.63, 3.8) is 0 Å². The molecule has 19 heavy (non-hydrogen) atoms. The van der Waals surface area contributed by atoms with Crippen LogP contribution in [0.25, 0.3) is 0 Å². The average Bonchev–Trinajstić information content (AvgIpc) is 2.41. The molecule has 1 fully saturated rings. The van der Waals surface area contributed by atoms with Gasteiger partial charge in [0.25, 0.3) is 5.91 Å². The smallest absolute Gasteiger partial charge is 0.256 e. The number of ether oxygens (including phenoxy) is 1. The minimum atomic E-state index is -0.255. The van der Waals surface area contributed by atoms with E-state index in [1.54, 1.807) is 19.2 Å². The van der Waals surface area contributed by atoms with Gasteiger partial charge in [-0.25, -0.2) is 0 Å². The first-order valence-corrected chi connectivity index (χ1v) is 7.14. The quantitative estimate of drug-likeness (QED) is 0.850. The lowest BCUT2D eigenvalue weighted by Crippen LogP contribution is -2.49. The maximum absolute atomic E-state index is 12.5. The molecule has 0 saturated carbocycles. The van der Waals surface area contributed by atoms with Crippen molar-refractivity contribution in [1.82, 2.24) is 4.90 Å². The minimum absolute atomic E-state index is 0.0261. The summed E-state index contributed by atoms with van der Waals surface area (Å²) in [5.74, 6) is -0.0261. The van der Waals surface area contributed by atoms with E-state index in [2.05, 4.69) is 15.9 Å². The number of amides is 1. The zero-order valence-electron chi connectivity index (χ0n) is 11.3. The standard InChI is InChI=1S/C14H19BrN2O2/c1-14(19-2)6-3-7-17(9-14)13(18)11-8-10(15)4-5-12(11)16/h4-5,8H,3,6-7,9,16H2,1-2H3. The van der Waals surface area contributed by atoms with Gasteiger partial charge in [-0.1, -0.05) is 15.9 Å². The van der Waals surface area contributed by atoms with Gasteiger partial charge < -0.3 is 15.4 Å². The van der Waals surface area contributed by atoms with Gasteiger partial charge in [-0.2, -0.15) is 0 Å². The molecule has 0 radical (unpaired) electrons. The third-order valence-corrected chi connectivity index (χ3v) is 4.18. The lowest BCUT2D eigenvalue weighted by Gasteiger charge is -2.39. The summed E-state index contributed by atoms with van der Waals surface area (Å²) in [6.45, 7) is 3.40. The molecule has 1 atom stereocenters. The van der Waals surface area contributed by atoms with E-state index in [0.717, 1.165) is 23.9 Å². The van der Waals surface area contributed by atoms with Crippen molar-refractivity contribution >= 4 is 27.5 Å². The molecule has 2 N–H and O–H groups in total. The molecule has 0 spiro atoms. The zero-order valence-corrected chi connectivity index (χ0v) is 12.9. The van der Waals surface area contributed by atoms with Gasteiger partial charge in [0.15, 0.2) is 0 Å². The number of nitrogens with two attached hydrogens (primary N) is 1. The minimum Gasteiger partial charge on any atom is -0.398 e. The first-order valence-electron chi connectivity index (χ1n) is 6.35. The number of carbonyl (C=O) groups is 1. The molecule has 1 amide bonds. The van der Waals surface area contributed by atoms with Crippen LogP contribution < -0.4 is 5.73 Å². The summed E-state index contributed by atoms with van der Waals surface area (Å²) in [6, 6.07) is 5.36. The number of benzene rings is 1. The van der Waals surface area contributed by atoms with Gasteiger partial charge in [0, 0.05) is 30.4 Å². The van der Waals surface area contributed by atoms with E-state index in [1.807, 2.05) is 17.9 Å². The van der Waals surface area contributed by atoms with Gasteiger partial charge in [-0.05, 0) is 38.0 Å². The summed E-state index contributed by atoms with van der Waals surface area (Å²) >= 11 is 3.37. The molecule has 1 aromatic carbocycles. The van der Waals surface area contributed by atoms with Crippen molar-refractivity contribution in [3.8, 4) is 0 Å². The second-order valence-electron chi connectivity index (χ2n) is 5.22. The predicted octanol–water partition coefficient (Wildman–Crippen LogP) is 2.67. The van der Waals surface area contributed by atoms with Crippen LogP contribution >= 0.6 is 15.9 Å². The molecular formula is C14H19BrN2O2. The lowest BCUT2D eigenvalue weighted by molar-refractivity contribution is -0.0439. The summed E-state index contributed by atoms with van der Waals surface area (Å²) in [5.41, 5.74) is 6.70. The molecule has 1 heterocycles. The van der Waals surface area contributed by atoms with Crippen LogP contribution in [0, 0.1) is 0 Å². The number of carbonyl (C=O) groups excluding carboxylic acids is 1. The van der Waals surface area contributed by atoms with Gasteiger partial charge in [-0.3, -0.25) is 4.79 Å². The van der Waals surface area contributed by atoms with E-state index in [4.69, 9.17) is 10.5 Å². The first kappa shape index (κ1) is 14.3. The topological polar surface area (TPSA) is 55.6 Å². The van der Waals surface area contributed by atoms with E-state index >= 15 is 0 Å². The van der Waals surface area contributed by atoms with Crippen LogP contribution in [-0.2, 0) is 4.74 Å². The number of likely N-dealkylation sites (tertiary alicyclic amines) is 1. The lowest BCUT2D eigenvalue weighted by atomic mass is 9.94. The van der Waals surface area contributed by atoms with Crippen molar-refractivity contribution in [2.45, 2.75) is 25.4 Å². The van der Waals surface area contributed by atoms with Crippen LogP contribution in [0.15, 0.2) is 22.7 Å². The van der Waals surface area contributed by atoms with Crippen LogP contribution in [0.3, 0.4) is 0 Å². The van der Waals surface area contributed by atoms with Crippen molar-refractivity contribution in [2.24, 2.45) is 0 Å². The summed E-state index contributed by atoms with van der Waals surface area (Å²) in [6.07, 6.45) is 1.92. The molecule has 1 aliphatic heterocycles. The molecule has 1 aliphatic rings. The van der Waals surface area contributed by atoms with E-state index in [9.17, 15) is 4.79 Å². The Morgan fingerprint density at radius 3 is 2.95 bits per heavy atom. The molecule has 1 saturated heterocycles. The molecule has 0 aliphatic carbocycles. The molecular weight excluding hydrogens is 308 g/mol. The van der Waals surface area contributed by atoms with E-state index in [1.165, 1.54) is 0 Å². The van der Waals surface area contributed by atoms with Gasteiger partial charge in [0.1, 0.15) is 0 Å². The number of anilines is 1. The Labute approximate surface area is 122 Å². The van der Waals surface area contributed by atoms with Gasteiger partial charge >= 0.3 is 0 Å². The van der Waals surface area contributed by atoms with Gasteiger partial charge in [-0.15, -0.1) is 0 Å². The number of halogens is 1. The maximum Gasteiger partial charge on any atom is 0.256 e. The molecule has 2 rings (SSSR count). The van der Waals surface area contributed by atoms with Crippen LogP contribution in [0.1, 0.15) is 30.1 Å². The molecule has 104 valence electrons. The fraction of sp³-hybridized carbons (Fsp3) is 0.500. The summed E-state index contributed by atoms with van der Waals surface area (Å²) in [5, 5.41) is 0. The van der Waals surface area contributed by atoms with Gasteiger partial charge in [0.2, 0.25) is 0 Å². The number of hydrogen-bond donors (Lipinski definition) is 1. The highest BCUT2D eigenvalue weighted by atomic mass is 79.9. The fourth-order valence-electron chi connectivity index (χ4n) is 2.43. The third kappa shape index (κ3) is 3.09. The highest BCUT2D eigenvalue weighted by molar-refractivity contribution is 9.10. The molecule has 1 aromatic rings. The summed E-state index contributed by atoms with van der Waals surface area (Å²) < 4.78 is 6.37. The highest BCUT2D eigenvalue weighted by Crippen LogP contribution is 2.27. The molecule has 1 unspecified atom stereocenters. The Morgan fingerprint density at radius 2 is 2.26 bits per heavy atom. The zero-order chi connectivity index (χ0) is 14.0. The predicted molar refractivity (Wildman–Crippen MR) is 79.1 cm³/mol. The maximum atomic E-state index is 12.5. The largest absolute Gasteiger partial charge is 0.398 e. The number of hydrogen-bond acceptors (Lipinski definition) is 3. The summed E-state index contributed by atoms with van der Waals surface area (Å²) in [7, 11) is 1.70. The molecule has 5 heteroatoms. The molecule has 0 aromatic heterocycles. The normalized spacial score (nSPS) is 23.4. The highest BCUT2D eigenvalue weighted by Gasteiger charge is 2.33. The van der Waals surface area contributed by atoms with Crippen LogP contribution in [-0.4, -0.2) is 36.6 Å². The van der Waals surface area contributed by atoms with Crippen molar-refractivity contribution < 1.29 is 9.53 Å². The Kier molecular flexibility index (Phi) is 4.16. The van der Waals surface area contributed by atoms with Crippen LogP contribution in [0.2, 0.25) is 0 Å². The van der Waals surface area contributed by atoms with E-state index < -0.39 is 0 Å². The Bertz CT molecular complexity index is 492. The second-order valence-corrected chi connectivity index (χ2v) is 6.13. The fourth-order valence-corrected chi connectivity index (χ4v) is 2.79. The second kappa shape index (κ2) is 5.51. The Hall–Kier alpha value is -1.07. The van der Waals surface area contributed by atoms with Crippen molar-refractivity contribution in [3.05, 3.63) is 28.2 Å². The Balaban J connectivity index is 2.22. The SMILES string of the molecule is COC1(C)CCCN(C(=O)c2cc(Br)ccc2N)C1. The Morgan fingerprint density at radius 1 is 1.53 bits per heavy atom. The number of piperidine rings is 1. The van der Waals surface area contributed by atoms with Crippen molar-refractivity contribution in [1.29, 1.82) is 0 Å². The molecule has 0 bridgehead atoms. The van der Waals surface area contributed by atoms with Crippen LogP contribution in [0.4, 0.5) is 5.69 Å². The third-order valence-electron chi connectivity index (χ3n) is 3.68.